The zero-order valence-electron chi connectivity index (χ0n) is 12.8. The SMILES string of the molecule is Cn1cnc(NC2CC(C)(C)Oc3cc(F)ccc32)cc1=O. The van der Waals surface area contributed by atoms with E-state index in [1.165, 1.54) is 29.1 Å². The van der Waals surface area contributed by atoms with Crippen LogP contribution >= 0.6 is 0 Å². The fourth-order valence-corrected chi connectivity index (χ4v) is 2.67. The van der Waals surface area contributed by atoms with Gasteiger partial charge in [-0.3, -0.25) is 4.79 Å². The fourth-order valence-electron chi connectivity index (χ4n) is 2.67. The van der Waals surface area contributed by atoms with Crippen molar-refractivity contribution in [3.8, 4) is 5.75 Å². The van der Waals surface area contributed by atoms with E-state index in [0.717, 1.165) is 5.56 Å². The van der Waals surface area contributed by atoms with Gasteiger partial charge in [0.15, 0.2) is 0 Å². The Labute approximate surface area is 127 Å². The molecule has 0 radical (unpaired) electrons. The standard InChI is InChI=1S/C16H18FN3O2/c1-16(2)8-12(11-5-4-10(17)6-13(11)22-16)19-14-7-15(21)20(3)9-18-14/h4-7,9,12,19H,8H2,1-3H3. The number of fused-ring (bicyclic) bond motifs is 1. The third-order valence-corrected chi connectivity index (χ3v) is 3.73. The Morgan fingerprint density at radius 2 is 2.18 bits per heavy atom. The van der Waals surface area contributed by atoms with Crippen molar-refractivity contribution in [3.63, 3.8) is 0 Å². The number of nitrogens with one attached hydrogen (secondary N) is 1. The molecule has 0 bridgehead atoms. The highest BCUT2D eigenvalue weighted by Crippen LogP contribution is 2.41. The lowest BCUT2D eigenvalue weighted by molar-refractivity contribution is 0.0754. The minimum Gasteiger partial charge on any atom is -0.487 e. The molecule has 0 amide bonds. The lowest BCUT2D eigenvalue weighted by Gasteiger charge is -2.38. The number of benzene rings is 1. The Bertz CT molecular complexity index is 770. The van der Waals surface area contributed by atoms with Crippen molar-refractivity contribution in [1.29, 1.82) is 0 Å². The lowest BCUT2D eigenvalue weighted by atomic mass is 9.89. The Kier molecular flexibility index (Phi) is 3.39. The van der Waals surface area contributed by atoms with E-state index in [2.05, 4.69) is 10.3 Å². The molecule has 2 heterocycles. The van der Waals surface area contributed by atoms with Gasteiger partial charge in [0, 0.05) is 31.2 Å². The van der Waals surface area contributed by atoms with Crippen LogP contribution in [0.4, 0.5) is 10.2 Å². The van der Waals surface area contributed by atoms with Crippen molar-refractivity contribution in [3.05, 3.63) is 52.3 Å². The monoisotopic (exact) mass is 303 g/mol. The summed E-state index contributed by atoms with van der Waals surface area (Å²) >= 11 is 0. The summed E-state index contributed by atoms with van der Waals surface area (Å²) < 4.78 is 20.7. The minimum atomic E-state index is -0.432. The lowest BCUT2D eigenvalue weighted by Crippen LogP contribution is -2.37. The third kappa shape index (κ3) is 2.81. The molecule has 2 aromatic rings. The topological polar surface area (TPSA) is 56.1 Å². The highest BCUT2D eigenvalue weighted by atomic mass is 19.1. The molecule has 5 nitrogen and oxygen atoms in total. The molecule has 0 saturated heterocycles. The summed E-state index contributed by atoms with van der Waals surface area (Å²) in [6.45, 7) is 3.90. The third-order valence-electron chi connectivity index (χ3n) is 3.73. The van der Waals surface area contributed by atoms with E-state index < -0.39 is 5.60 Å². The van der Waals surface area contributed by atoms with Crippen LogP contribution in [-0.4, -0.2) is 15.2 Å². The molecular formula is C16H18FN3O2. The predicted octanol–water partition coefficient (Wildman–Crippen LogP) is 2.63. The highest BCUT2D eigenvalue weighted by molar-refractivity contribution is 5.45. The van der Waals surface area contributed by atoms with E-state index in [0.29, 0.717) is 18.0 Å². The van der Waals surface area contributed by atoms with Crippen LogP contribution in [0.15, 0.2) is 35.4 Å². The molecule has 6 heteroatoms. The van der Waals surface area contributed by atoms with E-state index in [-0.39, 0.29) is 17.4 Å². The molecule has 1 aliphatic heterocycles. The number of aromatic nitrogens is 2. The van der Waals surface area contributed by atoms with Gasteiger partial charge in [-0.1, -0.05) is 6.07 Å². The first-order chi connectivity index (χ1) is 10.3. The van der Waals surface area contributed by atoms with Crippen molar-refractivity contribution < 1.29 is 9.13 Å². The second-order valence-electron chi connectivity index (χ2n) is 6.17. The average molecular weight is 303 g/mol. The summed E-state index contributed by atoms with van der Waals surface area (Å²) in [5.74, 6) is 0.695. The maximum absolute atomic E-state index is 13.4. The second-order valence-corrected chi connectivity index (χ2v) is 6.17. The van der Waals surface area contributed by atoms with Gasteiger partial charge in [-0.25, -0.2) is 9.37 Å². The Balaban J connectivity index is 1.96. The smallest absolute Gasteiger partial charge is 0.255 e. The van der Waals surface area contributed by atoms with Crippen LogP contribution in [0.5, 0.6) is 5.75 Å². The van der Waals surface area contributed by atoms with E-state index in [1.54, 1.807) is 13.1 Å². The largest absolute Gasteiger partial charge is 0.487 e. The number of halogens is 1. The van der Waals surface area contributed by atoms with Crippen LogP contribution in [0.3, 0.4) is 0 Å². The number of anilines is 1. The summed E-state index contributed by atoms with van der Waals surface area (Å²) in [5, 5.41) is 3.25. The molecule has 22 heavy (non-hydrogen) atoms. The number of hydrogen-bond acceptors (Lipinski definition) is 4. The van der Waals surface area contributed by atoms with Gasteiger partial charge in [-0.05, 0) is 19.9 Å². The number of rotatable bonds is 2. The second kappa shape index (κ2) is 5.12. The van der Waals surface area contributed by atoms with Gasteiger partial charge in [-0.15, -0.1) is 0 Å². The minimum absolute atomic E-state index is 0.0982. The van der Waals surface area contributed by atoms with Gasteiger partial charge in [0.1, 0.15) is 23.0 Å². The molecule has 1 atom stereocenters. The summed E-state index contributed by atoms with van der Waals surface area (Å²) in [5.41, 5.74) is 0.296. The molecule has 1 N–H and O–H groups in total. The first-order valence-corrected chi connectivity index (χ1v) is 7.12. The Morgan fingerprint density at radius 3 is 2.91 bits per heavy atom. The quantitative estimate of drug-likeness (QED) is 0.926. The van der Waals surface area contributed by atoms with Gasteiger partial charge < -0.3 is 14.6 Å². The van der Waals surface area contributed by atoms with E-state index in [4.69, 9.17) is 4.74 Å². The average Bonchev–Trinajstić information content (AvgIpc) is 2.41. The van der Waals surface area contributed by atoms with Crippen molar-refractivity contribution >= 4 is 5.82 Å². The molecule has 3 rings (SSSR count). The molecule has 0 spiro atoms. The van der Waals surface area contributed by atoms with Gasteiger partial charge >= 0.3 is 0 Å². The fraction of sp³-hybridized carbons (Fsp3) is 0.375. The summed E-state index contributed by atoms with van der Waals surface area (Å²) in [4.78, 5) is 15.9. The van der Waals surface area contributed by atoms with Gasteiger partial charge in [0.25, 0.3) is 5.56 Å². The zero-order chi connectivity index (χ0) is 15.9. The highest BCUT2D eigenvalue weighted by Gasteiger charge is 2.34. The summed E-state index contributed by atoms with van der Waals surface area (Å²) in [6.07, 6.45) is 2.16. The molecule has 1 aromatic heterocycles. The maximum Gasteiger partial charge on any atom is 0.255 e. The molecule has 1 aromatic carbocycles. The van der Waals surface area contributed by atoms with Crippen molar-refractivity contribution in [1.82, 2.24) is 9.55 Å². The van der Waals surface area contributed by atoms with E-state index in [9.17, 15) is 9.18 Å². The Morgan fingerprint density at radius 1 is 1.41 bits per heavy atom. The maximum atomic E-state index is 13.4. The molecular weight excluding hydrogens is 285 g/mol. The van der Waals surface area contributed by atoms with Crippen molar-refractivity contribution in [2.75, 3.05) is 5.32 Å². The number of nitrogens with zero attached hydrogens (tertiary/aromatic N) is 2. The van der Waals surface area contributed by atoms with Crippen LogP contribution in [0.2, 0.25) is 0 Å². The van der Waals surface area contributed by atoms with Crippen LogP contribution in [-0.2, 0) is 7.05 Å². The summed E-state index contributed by atoms with van der Waals surface area (Å²) in [6, 6.07) is 5.86. The van der Waals surface area contributed by atoms with Crippen LogP contribution in [0.1, 0.15) is 31.9 Å². The van der Waals surface area contributed by atoms with Gasteiger partial charge in [-0.2, -0.15) is 0 Å². The molecule has 1 aliphatic rings. The first-order valence-electron chi connectivity index (χ1n) is 7.12. The molecule has 0 saturated carbocycles. The normalized spacial score (nSPS) is 19.2. The molecule has 1 unspecified atom stereocenters. The Hall–Kier alpha value is -2.37. The summed E-state index contributed by atoms with van der Waals surface area (Å²) in [7, 11) is 1.65. The van der Waals surface area contributed by atoms with Crippen LogP contribution < -0.4 is 15.6 Å². The number of ether oxygens (including phenoxy) is 1. The van der Waals surface area contributed by atoms with E-state index >= 15 is 0 Å². The van der Waals surface area contributed by atoms with Gasteiger partial charge in [0.05, 0.1) is 12.4 Å². The molecule has 116 valence electrons. The van der Waals surface area contributed by atoms with Crippen molar-refractivity contribution in [2.45, 2.75) is 31.9 Å². The van der Waals surface area contributed by atoms with E-state index in [1.807, 2.05) is 13.8 Å². The predicted molar refractivity (Wildman–Crippen MR) is 81.6 cm³/mol. The molecule has 0 fully saturated rings. The van der Waals surface area contributed by atoms with Crippen molar-refractivity contribution in [2.24, 2.45) is 7.05 Å². The van der Waals surface area contributed by atoms with Gasteiger partial charge in [0.2, 0.25) is 0 Å². The molecule has 0 aliphatic carbocycles. The first kappa shape index (κ1) is 14.6. The zero-order valence-corrected chi connectivity index (χ0v) is 12.8. The number of aryl methyl sites for hydroxylation is 1. The van der Waals surface area contributed by atoms with Crippen LogP contribution in [0.25, 0.3) is 0 Å². The van der Waals surface area contributed by atoms with Crippen LogP contribution in [0, 0.1) is 5.82 Å². The number of hydrogen-bond donors (Lipinski definition) is 1.